The maximum Gasteiger partial charge on any atom is 0.373 e. The van der Waals surface area contributed by atoms with Crippen molar-refractivity contribution in [3.05, 3.63) is 88.8 Å². The van der Waals surface area contributed by atoms with E-state index in [-0.39, 0.29) is 36.2 Å². The van der Waals surface area contributed by atoms with Crippen molar-refractivity contribution in [1.82, 2.24) is 10.2 Å². The van der Waals surface area contributed by atoms with Crippen molar-refractivity contribution < 1.29 is 37.4 Å². The first-order chi connectivity index (χ1) is 16.9. The highest BCUT2D eigenvalue weighted by Gasteiger charge is 2.34. The average Bonchev–Trinajstić information content (AvgIpc) is 3.43. The van der Waals surface area contributed by atoms with Gasteiger partial charge in [-0.25, -0.2) is 14.0 Å². The van der Waals surface area contributed by atoms with Gasteiger partial charge in [-0.05, 0) is 42.0 Å². The summed E-state index contributed by atoms with van der Waals surface area (Å²) in [7, 11) is 2.69. The lowest BCUT2D eigenvalue weighted by Gasteiger charge is -2.14. The lowest BCUT2D eigenvalue weighted by atomic mass is 10.1. The fourth-order valence-electron chi connectivity index (χ4n) is 3.44. The number of hydrogen-bond donors (Lipinski definition) is 1. The van der Waals surface area contributed by atoms with Crippen LogP contribution >= 0.6 is 0 Å². The maximum atomic E-state index is 13.5. The van der Waals surface area contributed by atoms with Gasteiger partial charge in [-0.15, -0.1) is 0 Å². The fourth-order valence-corrected chi connectivity index (χ4v) is 3.44. The summed E-state index contributed by atoms with van der Waals surface area (Å²) in [5.74, 6) is -0.736. The molecule has 1 aliphatic heterocycles. The Labute approximate surface area is 199 Å². The van der Waals surface area contributed by atoms with Crippen molar-refractivity contribution in [2.75, 3.05) is 14.2 Å². The van der Waals surface area contributed by atoms with Crippen LogP contribution in [0.5, 0.6) is 11.5 Å². The Kier molecular flexibility index (Phi) is 6.81. The predicted molar refractivity (Wildman–Crippen MR) is 121 cm³/mol. The van der Waals surface area contributed by atoms with Crippen molar-refractivity contribution in [1.29, 1.82) is 0 Å². The number of ether oxygens (including phenoxy) is 3. The van der Waals surface area contributed by atoms with Crippen LogP contribution in [-0.2, 0) is 22.7 Å². The fraction of sp³-hybridized carbons (Fsp3) is 0.160. The molecular weight excluding hydrogens is 459 g/mol. The summed E-state index contributed by atoms with van der Waals surface area (Å²) in [6, 6.07) is 13.3. The summed E-state index contributed by atoms with van der Waals surface area (Å²) in [5.41, 5.74) is 1.09. The number of nitrogens with zero attached hydrogens (tertiary/aromatic N) is 1. The number of esters is 1. The number of rotatable bonds is 8. The average molecular weight is 480 g/mol. The van der Waals surface area contributed by atoms with E-state index in [1.54, 1.807) is 30.3 Å². The molecule has 0 atom stereocenters. The maximum absolute atomic E-state index is 13.5. The van der Waals surface area contributed by atoms with E-state index in [0.717, 1.165) is 4.90 Å². The van der Waals surface area contributed by atoms with Gasteiger partial charge in [-0.1, -0.05) is 24.3 Å². The van der Waals surface area contributed by atoms with Crippen LogP contribution in [0.4, 0.5) is 9.18 Å². The number of benzene rings is 2. The second kappa shape index (κ2) is 10.1. The first-order valence-electron chi connectivity index (χ1n) is 10.5. The number of imide groups is 1. The highest BCUT2D eigenvalue weighted by atomic mass is 19.1. The minimum Gasteiger partial charge on any atom is -0.493 e. The van der Waals surface area contributed by atoms with Crippen molar-refractivity contribution >= 4 is 24.0 Å². The van der Waals surface area contributed by atoms with E-state index in [1.165, 1.54) is 44.6 Å². The molecule has 1 N–H and O–H groups in total. The SMILES string of the molecule is COC(=O)c1ccc(CN2C(=O)N/C(=C\c3cccc(OC)c3OCc3cccc(F)c3)C2=O)o1. The van der Waals surface area contributed by atoms with E-state index in [1.807, 2.05) is 0 Å². The van der Waals surface area contributed by atoms with E-state index in [4.69, 9.17) is 13.9 Å². The highest BCUT2D eigenvalue weighted by Crippen LogP contribution is 2.34. The number of furan rings is 1. The number of amides is 3. The minimum atomic E-state index is -0.669. The van der Waals surface area contributed by atoms with Gasteiger partial charge in [-0.3, -0.25) is 9.69 Å². The molecule has 1 aliphatic rings. The normalized spacial score (nSPS) is 14.3. The minimum absolute atomic E-state index is 0.0126. The summed E-state index contributed by atoms with van der Waals surface area (Å²) in [5, 5.41) is 2.53. The van der Waals surface area contributed by atoms with Gasteiger partial charge in [0, 0.05) is 5.56 Å². The first-order valence-corrected chi connectivity index (χ1v) is 10.5. The molecule has 9 nitrogen and oxygen atoms in total. The molecule has 2 heterocycles. The van der Waals surface area contributed by atoms with Gasteiger partial charge in [0.15, 0.2) is 11.5 Å². The standard InChI is InChI=1S/C25H21FN2O7/c1-32-20-8-4-6-16(22(20)34-14-15-5-3-7-17(26)11-15)12-19-23(29)28(25(31)27-19)13-18-9-10-21(35-18)24(30)33-2/h3-12H,13-14H2,1-2H3,(H,27,31)/b19-12-. The van der Waals surface area contributed by atoms with Crippen LogP contribution < -0.4 is 14.8 Å². The van der Waals surface area contributed by atoms with Gasteiger partial charge in [0.1, 0.15) is 23.9 Å². The lowest BCUT2D eigenvalue weighted by molar-refractivity contribution is -0.123. The molecule has 3 aromatic rings. The van der Waals surface area contributed by atoms with Gasteiger partial charge >= 0.3 is 12.0 Å². The Morgan fingerprint density at radius 3 is 2.66 bits per heavy atom. The van der Waals surface area contributed by atoms with E-state index >= 15 is 0 Å². The number of nitrogens with one attached hydrogen (secondary N) is 1. The quantitative estimate of drug-likeness (QED) is 0.296. The van der Waals surface area contributed by atoms with Crippen LogP contribution in [0.15, 0.2) is 64.7 Å². The number of methoxy groups -OCH3 is 2. The van der Waals surface area contributed by atoms with Gasteiger partial charge in [0.25, 0.3) is 5.91 Å². The van der Waals surface area contributed by atoms with E-state index in [2.05, 4.69) is 10.1 Å². The third-order valence-corrected chi connectivity index (χ3v) is 5.13. The molecule has 10 heteroatoms. The number of carbonyl (C=O) groups excluding carboxylic acids is 3. The molecule has 2 aromatic carbocycles. The topological polar surface area (TPSA) is 107 Å². The number of para-hydroxylation sites is 1. The van der Waals surface area contributed by atoms with Crippen LogP contribution in [0.3, 0.4) is 0 Å². The van der Waals surface area contributed by atoms with Crippen LogP contribution in [-0.4, -0.2) is 37.0 Å². The summed E-state index contributed by atoms with van der Waals surface area (Å²) >= 11 is 0. The largest absolute Gasteiger partial charge is 0.493 e. The number of hydrogen-bond acceptors (Lipinski definition) is 7. The summed E-state index contributed by atoms with van der Waals surface area (Å²) in [6.07, 6.45) is 1.46. The molecule has 3 amide bonds. The van der Waals surface area contributed by atoms with Crippen molar-refractivity contribution in [2.45, 2.75) is 13.2 Å². The van der Waals surface area contributed by atoms with Crippen LogP contribution in [0.1, 0.15) is 27.4 Å². The van der Waals surface area contributed by atoms with Gasteiger partial charge in [0.2, 0.25) is 5.76 Å². The highest BCUT2D eigenvalue weighted by molar-refractivity contribution is 6.14. The number of halogens is 1. The first kappa shape index (κ1) is 23.6. The van der Waals surface area contributed by atoms with Crippen molar-refractivity contribution in [3.8, 4) is 11.5 Å². The third-order valence-electron chi connectivity index (χ3n) is 5.13. The summed E-state index contributed by atoms with van der Waals surface area (Å²) in [6.45, 7) is -0.123. The van der Waals surface area contributed by atoms with Gasteiger partial charge in [0.05, 0.1) is 20.8 Å². The smallest absolute Gasteiger partial charge is 0.373 e. The van der Waals surface area contributed by atoms with Crippen LogP contribution in [0.2, 0.25) is 0 Å². The zero-order valence-electron chi connectivity index (χ0n) is 18.9. The Balaban J connectivity index is 1.56. The van der Waals surface area contributed by atoms with E-state index in [9.17, 15) is 18.8 Å². The molecule has 4 rings (SSSR count). The van der Waals surface area contributed by atoms with E-state index in [0.29, 0.717) is 22.6 Å². The molecule has 0 saturated carbocycles. The number of carbonyl (C=O) groups is 3. The third kappa shape index (κ3) is 5.16. The van der Waals surface area contributed by atoms with Crippen LogP contribution in [0.25, 0.3) is 6.08 Å². The second-order valence-corrected chi connectivity index (χ2v) is 7.43. The Morgan fingerprint density at radius 1 is 1.11 bits per heavy atom. The summed E-state index contributed by atoms with van der Waals surface area (Å²) < 4.78 is 34.7. The molecule has 0 unspecified atom stereocenters. The van der Waals surface area contributed by atoms with Crippen molar-refractivity contribution in [3.63, 3.8) is 0 Å². The molecule has 0 bridgehead atoms. The zero-order valence-corrected chi connectivity index (χ0v) is 18.9. The molecule has 0 aliphatic carbocycles. The molecule has 1 fully saturated rings. The van der Waals surface area contributed by atoms with Crippen LogP contribution in [0, 0.1) is 5.82 Å². The Hall–Kier alpha value is -4.60. The predicted octanol–water partition coefficient (Wildman–Crippen LogP) is 3.89. The van der Waals surface area contributed by atoms with Gasteiger partial charge in [-0.2, -0.15) is 0 Å². The Bertz CT molecular complexity index is 1310. The monoisotopic (exact) mass is 480 g/mol. The van der Waals surface area contributed by atoms with Crippen molar-refractivity contribution in [2.24, 2.45) is 0 Å². The molecule has 1 saturated heterocycles. The summed E-state index contributed by atoms with van der Waals surface area (Å²) in [4.78, 5) is 37.9. The molecule has 0 radical (unpaired) electrons. The van der Waals surface area contributed by atoms with Gasteiger partial charge < -0.3 is 23.9 Å². The van der Waals surface area contributed by atoms with E-state index < -0.39 is 17.9 Å². The molecule has 180 valence electrons. The molecule has 0 spiro atoms. The second-order valence-electron chi connectivity index (χ2n) is 7.43. The molecular formula is C25H21FN2O7. The Morgan fingerprint density at radius 2 is 1.91 bits per heavy atom. The zero-order chi connectivity index (χ0) is 24.9. The number of urea groups is 1. The molecule has 35 heavy (non-hydrogen) atoms. The molecule has 1 aromatic heterocycles. The lowest BCUT2D eigenvalue weighted by Crippen LogP contribution is -2.30.